The number of methoxy groups -OCH3 is 1. The summed E-state index contributed by atoms with van der Waals surface area (Å²) in [6, 6.07) is 0. The van der Waals surface area contributed by atoms with Gasteiger partial charge in [-0.3, -0.25) is 0 Å². The first-order chi connectivity index (χ1) is 5.17. The summed E-state index contributed by atoms with van der Waals surface area (Å²) in [5, 5.41) is 9.18. The number of esters is 1. The topological polar surface area (TPSA) is 46.5 Å². The molecule has 0 saturated carbocycles. The molecule has 0 heterocycles. The van der Waals surface area contributed by atoms with Gasteiger partial charge in [0.2, 0.25) is 5.76 Å². The van der Waals surface area contributed by atoms with E-state index in [4.69, 9.17) is 0 Å². The molecule has 0 fully saturated rings. The Hall–Kier alpha value is -0.990. The molecular weight excluding hydrogens is 144 g/mol. The number of carbonyl (C=O) groups excluding carboxylic acids is 1. The van der Waals surface area contributed by atoms with Gasteiger partial charge in [0.15, 0.2) is 0 Å². The fourth-order valence-electron chi connectivity index (χ4n) is 0.826. The molecule has 0 saturated heterocycles. The van der Waals surface area contributed by atoms with E-state index >= 15 is 0 Å². The molecule has 11 heavy (non-hydrogen) atoms. The fraction of sp³-hybridized carbons (Fsp3) is 0.625. The highest BCUT2D eigenvalue weighted by atomic mass is 16.5. The molecule has 0 aliphatic heterocycles. The van der Waals surface area contributed by atoms with Crippen LogP contribution in [0.25, 0.3) is 0 Å². The Bertz CT molecular complexity index is 164. The van der Waals surface area contributed by atoms with E-state index in [1.165, 1.54) is 7.11 Å². The predicted molar refractivity (Wildman–Crippen MR) is 42.3 cm³/mol. The molecule has 0 amide bonds. The molecule has 0 spiro atoms. The van der Waals surface area contributed by atoms with E-state index in [2.05, 4.69) is 4.74 Å². The molecule has 0 aromatic carbocycles. The van der Waals surface area contributed by atoms with E-state index in [1.807, 2.05) is 13.8 Å². The van der Waals surface area contributed by atoms with Crippen molar-refractivity contribution in [1.29, 1.82) is 0 Å². The van der Waals surface area contributed by atoms with E-state index in [0.717, 1.165) is 5.57 Å². The zero-order valence-electron chi connectivity index (χ0n) is 7.18. The lowest BCUT2D eigenvalue weighted by molar-refractivity contribution is -0.139. The van der Waals surface area contributed by atoms with Crippen LogP contribution in [0.4, 0.5) is 0 Å². The molecule has 3 heteroatoms. The van der Waals surface area contributed by atoms with Crippen LogP contribution >= 0.6 is 0 Å². The fourth-order valence-corrected chi connectivity index (χ4v) is 0.826. The van der Waals surface area contributed by atoms with Crippen LogP contribution in [0.5, 0.6) is 0 Å². The lowest BCUT2D eigenvalue weighted by Gasteiger charge is -2.03. The zero-order chi connectivity index (χ0) is 8.85. The maximum absolute atomic E-state index is 10.7. The Morgan fingerprint density at radius 2 is 1.82 bits per heavy atom. The highest BCUT2D eigenvalue weighted by molar-refractivity contribution is 5.86. The van der Waals surface area contributed by atoms with E-state index in [0.29, 0.717) is 12.8 Å². The number of aliphatic hydroxyl groups excluding tert-OH is 1. The van der Waals surface area contributed by atoms with Gasteiger partial charge in [-0.2, -0.15) is 0 Å². The number of hydrogen-bond donors (Lipinski definition) is 1. The number of ether oxygens (including phenoxy) is 1. The van der Waals surface area contributed by atoms with Gasteiger partial charge in [0.1, 0.15) is 0 Å². The third kappa shape index (κ3) is 2.62. The Balaban J connectivity index is 4.46. The lowest BCUT2D eigenvalue weighted by Crippen LogP contribution is -2.06. The summed E-state index contributed by atoms with van der Waals surface area (Å²) in [5.41, 5.74) is 0.733. The van der Waals surface area contributed by atoms with Gasteiger partial charge in [0, 0.05) is 0 Å². The van der Waals surface area contributed by atoms with Crippen molar-refractivity contribution in [1.82, 2.24) is 0 Å². The van der Waals surface area contributed by atoms with Crippen LogP contribution in [-0.2, 0) is 9.53 Å². The van der Waals surface area contributed by atoms with Gasteiger partial charge < -0.3 is 9.84 Å². The van der Waals surface area contributed by atoms with Gasteiger partial charge in [0.05, 0.1) is 7.11 Å². The molecule has 64 valence electrons. The lowest BCUT2D eigenvalue weighted by atomic mass is 10.1. The SMILES string of the molecule is CCC(CC)=C(O)C(=O)OC. The first kappa shape index (κ1) is 10.0. The van der Waals surface area contributed by atoms with Crippen LogP contribution in [0.15, 0.2) is 11.3 Å². The van der Waals surface area contributed by atoms with Crippen molar-refractivity contribution < 1.29 is 14.6 Å². The van der Waals surface area contributed by atoms with Crippen molar-refractivity contribution in [2.75, 3.05) is 7.11 Å². The van der Waals surface area contributed by atoms with E-state index in [-0.39, 0.29) is 5.76 Å². The highest BCUT2D eigenvalue weighted by Gasteiger charge is 2.10. The van der Waals surface area contributed by atoms with Gasteiger partial charge in [-0.1, -0.05) is 13.8 Å². The summed E-state index contributed by atoms with van der Waals surface area (Å²) >= 11 is 0. The molecule has 0 atom stereocenters. The summed E-state index contributed by atoms with van der Waals surface area (Å²) in [6.45, 7) is 3.77. The van der Waals surface area contributed by atoms with Crippen LogP contribution in [0.1, 0.15) is 26.7 Å². The number of allylic oxidation sites excluding steroid dienone is 1. The average Bonchev–Trinajstić information content (AvgIpc) is 2.05. The second kappa shape index (κ2) is 4.77. The second-order valence-corrected chi connectivity index (χ2v) is 2.15. The third-order valence-electron chi connectivity index (χ3n) is 1.57. The van der Waals surface area contributed by atoms with Gasteiger partial charge in [-0.05, 0) is 18.4 Å². The maximum atomic E-state index is 10.7. The molecule has 0 aliphatic carbocycles. The molecule has 0 bridgehead atoms. The molecular formula is C8H14O3. The molecule has 0 aliphatic rings. The largest absolute Gasteiger partial charge is 0.502 e. The van der Waals surface area contributed by atoms with E-state index < -0.39 is 5.97 Å². The molecule has 0 aromatic rings. The molecule has 1 N–H and O–H groups in total. The van der Waals surface area contributed by atoms with Crippen molar-refractivity contribution in [3.8, 4) is 0 Å². The summed E-state index contributed by atoms with van der Waals surface area (Å²) in [6.07, 6.45) is 1.36. The minimum absolute atomic E-state index is 0.238. The molecule has 0 radical (unpaired) electrons. The summed E-state index contributed by atoms with van der Waals surface area (Å²) in [7, 11) is 1.25. The molecule has 0 unspecified atom stereocenters. The molecule has 0 rings (SSSR count). The van der Waals surface area contributed by atoms with Crippen molar-refractivity contribution in [3.63, 3.8) is 0 Å². The van der Waals surface area contributed by atoms with Crippen LogP contribution in [0.3, 0.4) is 0 Å². The average molecular weight is 158 g/mol. The monoisotopic (exact) mass is 158 g/mol. The van der Waals surface area contributed by atoms with Crippen molar-refractivity contribution in [2.24, 2.45) is 0 Å². The molecule has 3 nitrogen and oxygen atoms in total. The van der Waals surface area contributed by atoms with Gasteiger partial charge in [-0.15, -0.1) is 0 Å². The summed E-state index contributed by atoms with van der Waals surface area (Å²) in [4.78, 5) is 10.7. The minimum Gasteiger partial charge on any atom is -0.502 e. The first-order valence-corrected chi connectivity index (χ1v) is 3.66. The highest BCUT2D eigenvalue weighted by Crippen LogP contribution is 2.11. The quantitative estimate of drug-likeness (QED) is 0.387. The summed E-state index contributed by atoms with van der Waals surface area (Å²) in [5.74, 6) is -0.888. The van der Waals surface area contributed by atoms with Gasteiger partial charge in [0.25, 0.3) is 0 Å². The molecule has 0 aromatic heterocycles. The maximum Gasteiger partial charge on any atom is 0.373 e. The van der Waals surface area contributed by atoms with E-state index in [9.17, 15) is 9.90 Å². The third-order valence-corrected chi connectivity index (χ3v) is 1.57. The van der Waals surface area contributed by atoms with Crippen molar-refractivity contribution >= 4 is 5.97 Å². The second-order valence-electron chi connectivity index (χ2n) is 2.15. The van der Waals surface area contributed by atoms with Crippen LogP contribution in [-0.4, -0.2) is 18.2 Å². The zero-order valence-corrected chi connectivity index (χ0v) is 7.18. The Morgan fingerprint density at radius 1 is 1.36 bits per heavy atom. The number of aliphatic hydroxyl groups is 1. The Labute approximate surface area is 66.7 Å². The van der Waals surface area contributed by atoms with E-state index in [1.54, 1.807) is 0 Å². The summed E-state index contributed by atoms with van der Waals surface area (Å²) < 4.78 is 4.35. The number of hydrogen-bond acceptors (Lipinski definition) is 3. The predicted octanol–water partition coefficient (Wildman–Crippen LogP) is 1.79. The standard InChI is InChI=1S/C8H14O3/c1-4-6(5-2)7(9)8(10)11-3/h9H,4-5H2,1-3H3. The normalized spacial score (nSPS) is 9.00. The number of carbonyl (C=O) groups is 1. The van der Waals surface area contributed by atoms with Crippen molar-refractivity contribution in [2.45, 2.75) is 26.7 Å². The van der Waals surface area contributed by atoms with Crippen LogP contribution in [0, 0.1) is 0 Å². The van der Waals surface area contributed by atoms with Gasteiger partial charge >= 0.3 is 5.97 Å². The Kier molecular flexibility index (Phi) is 4.34. The van der Waals surface area contributed by atoms with Gasteiger partial charge in [-0.25, -0.2) is 4.79 Å². The Morgan fingerprint density at radius 3 is 2.09 bits per heavy atom. The van der Waals surface area contributed by atoms with Crippen LogP contribution < -0.4 is 0 Å². The van der Waals surface area contributed by atoms with Crippen LogP contribution in [0.2, 0.25) is 0 Å². The first-order valence-electron chi connectivity index (χ1n) is 3.66. The number of rotatable bonds is 3. The van der Waals surface area contributed by atoms with Crippen molar-refractivity contribution in [3.05, 3.63) is 11.3 Å². The minimum atomic E-state index is -0.649. The smallest absolute Gasteiger partial charge is 0.373 e.